The molecule has 2 aromatic heterocycles. The fourth-order valence-corrected chi connectivity index (χ4v) is 3.14. The van der Waals surface area contributed by atoms with E-state index in [-0.39, 0.29) is 0 Å². The maximum absolute atomic E-state index is 5.66. The first kappa shape index (κ1) is 18.0. The number of halogens is 2. The molecule has 0 bridgehead atoms. The highest BCUT2D eigenvalue weighted by atomic mass is 35.5. The average molecular weight is 323 g/mol. The van der Waals surface area contributed by atoms with Gasteiger partial charge in [0.25, 0.3) is 0 Å². The van der Waals surface area contributed by atoms with Crippen molar-refractivity contribution in [3.8, 4) is 0 Å². The SMILES string of the molecule is CC.CCc1ccc(Cl)s1.CCc1ccc(Cl)s1. The summed E-state index contributed by atoms with van der Waals surface area (Å²) in [7, 11) is 0. The van der Waals surface area contributed by atoms with E-state index in [1.807, 2.05) is 26.0 Å². The van der Waals surface area contributed by atoms with Crippen LogP contribution in [0.25, 0.3) is 0 Å². The molecule has 0 spiro atoms. The highest BCUT2D eigenvalue weighted by molar-refractivity contribution is 7.16. The minimum atomic E-state index is 0.891. The highest BCUT2D eigenvalue weighted by Gasteiger charge is 1.92. The molecule has 0 saturated heterocycles. The molecule has 18 heavy (non-hydrogen) atoms. The van der Waals surface area contributed by atoms with E-state index >= 15 is 0 Å². The smallest absolute Gasteiger partial charge is 0.0931 e. The van der Waals surface area contributed by atoms with Gasteiger partial charge in [0.15, 0.2) is 0 Å². The molecule has 0 aliphatic carbocycles. The minimum Gasteiger partial charge on any atom is -0.128 e. The summed E-state index contributed by atoms with van der Waals surface area (Å²) in [4.78, 5) is 2.71. The predicted molar refractivity (Wildman–Crippen MR) is 88.8 cm³/mol. The van der Waals surface area contributed by atoms with Crippen LogP contribution in [0.5, 0.6) is 0 Å². The van der Waals surface area contributed by atoms with Gasteiger partial charge < -0.3 is 0 Å². The molecule has 0 nitrogen and oxygen atoms in total. The summed E-state index contributed by atoms with van der Waals surface area (Å²) in [5.74, 6) is 0. The number of hydrogen-bond acceptors (Lipinski definition) is 2. The molecule has 0 N–H and O–H groups in total. The van der Waals surface area contributed by atoms with E-state index in [1.165, 1.54) is 9.75 Å². The molecule has 0 atom stereocenters. The largest absolute Gasteiger partial charge is 0.128 e. The van der Waals surface area contributed by atoms with Crippen LogP contribution in [0.3, 0.4) is 0 Å². The Labute approximate surface area is 129 Å². The summed E-state index contributed by atoms with van der Waals surface area (Å²) in [6.07, 6.45) is 2.19. The van der Waals surface area contributed by atoms with E-state index in [0.717, 1.165) is 21.5 Å². The van der Waals surface area contributed by atoms with E-state index in [2.05, 4.69) is 26.0 Å². The van der Waals surface area contributed by atoms with Gasteiger partial charge in [0.05, 0.1) is 8.67 Å². The van der Waals surface area contributed by atoms with Gasteiger partial charge in [-0.3, -0.25) is 0 Å². The third-order valence-corrected chi connectivity index (χ3v) is 4.71. The Morgan fingerprint density at radius 1 is 0.778 bits per heavy atom. The third-order valence-electron chi connectivity index (χ3n) is 1.95. The van der Waals surface area contributed by atoms with E-state index in [4.69, 9.17) is 23.2 Å². The first-order valence-corrected chi connectivity index (χ1v) is 8.53. The Hall–Kier alpha value is -0.0200. The van der Waals surface area contributed by atoms with Crippen LogP contribution >= 0.6 is 45.9 Å². The fraction of sp³-hybridized carbons (Fsp3) is 0.429. The first-order chi connectivity index (χ1) is 8.65. The molecule has 0 aromatic carbocycles. The Balaban J connectivity index is 0.000000283. The molecule has 0 fully saturated rings. The zero-order chi connectivity index (χ0) is 14.0. The predicted octanol–water partition coefficient (Wildman–Crippen LogP) is 6.95. The summed E-state index contributed by atoms with van der Waals surface area (Å²) >= 11 is 14.6. The Kier molecular flexibility index (Phi) is 10.8. The van der Waals surface area contributed by atoms with Crippen molar-refractivity contribution in [1.82, 2.24) is 0 Å². The van der Waals surface area contributed by atoms with Gasteiger partial charge in [0, 0.05) is 9.75 Å². The molecule has 4 heteroatoms. The molecule has 0 radical (unpaired) electrons. The molecular formula is C14H20Cl2S2. The standard InChI is InChI=1S/2C6H7ClS.C2H6/c2*1-2-5-3-4-6(7)8-5;1-2/h2*3-4H,2H2,1H3;1-2H3. The van der Waals surface area contributed by atoms with Gasteiger partial charge in [-0.1, -0.05) is 50.9 Å². The van der Waals surface area contributed by atoms with E-state index in [0.29, 0.717) is 0 Å². The summed E-state index contributed by atoms with van der Waals surface area (Å²) in [6, 6.07) is 8.00. The van der Waals surface area contributed by atoms with Crippen molar-refractivity contribution in [2.45, 2.75) is 40.5 Å². The van der Waals surface area contributed by atoms with Gasteiger partial charge in [-0.15, -0.1) is 22.7 Å². The van der Waals surface area contributed by atoms with Gasteiger partial charge in [0.1, 0.15) is 0 Å². The number of thiophene rings is 2. The lowest BCUT2D eigenvalue weighted by atomic mass is 10.4. The zero-order valence-corrected chi connectivity index (χ0v) is 14.4. The van der Waals surface area contributed by atoms with Crippen molar-refractivity contribution in [3.63, 3.8) is 0 Å². The summed E-state index contributed by atoms with van der Waals surface area (Å²) in [6.45, 7) is 8.25. The maximum Gasteiger partial charge on any atom is 0.0931 e. The van der Waals surface area contributed by atoms with Crippen LogP contribution in [0.1, 0.15) is 37.4 Å². The second-order valence-corrected chi connectivity index (χ2v) is 6.72. The van der Waals surface area contributed by atoms with Gasteiger partial charge in [-0.25, -0.2) is 0 Å². The van der Waals surface area contributed by atoms with Crippen LogP contribution in [0, 0.1) is 0 Å². The summed E-state index contributed by atoms with van der Waals surface area (Å²) in [5, 5.41) is 0. The summed E-state index contributed by atoms with van der Waals surface area (Å²) in [5.41, 5.74) is 0. The van der Waals surface area contributed by atoms with E-state index in [9.17, 15) is 0 Å². The van der Waals surface area contributed by atoms with Crippen LogP contribution in [-0.4, -0.2) is 0 Å². The topological polar surface area (TPSA) is 0 Å². The quantitative estimate of drug-likeness (QED) is 0.560. The molecule has 2 rings (SSSR count). The van der Waals surface area contributed by atoms with Crippen molar-refractivity contribution >= 4 is 45.9 Å². The van der Waals surface area contributed by atoms with Crippen LogP contribution in [0.2, 0.25) is 8.67 Å². The van der Waals surface area contributed by atoms with Gasteiger partial charge in [0.2, 0.25) is 0 Å². The lowest BCUT2D eigenvalue weighted by molar-refractivity contribution is 1.19. The molecule has 2 aromatic rings. The summed E-state index contributed by atoms with van der Waals surface area (Å²) < 4.78 is 1.78. The second kappa shape index (κ2) is 10.9. The minimum absolute atomic E-state index is 0.891. The number of aryl methyl sites for hydroxylation is 2. The van der Waals surface area contributed by atoms with E-state index in [1.54, 1.807) is 22.7 Å². The molecule has 0 saturated carbocycles. The Morgan fingerprint density at radius 2 is 1.11 bits per heavy atom. The molecule has 0 aliphatic heterocycles. The molecule has 102 valence electrons. The second-order valence-electron chi connectivity index (χ2n) is 3.12. The Morgan fingerprint density at radius 3 is 1.22 bits per heavy atom. The molecule has 0 aliphatic rings. The third kappa shape index (κ3) is 7.42. The molecular weight excluding hydrogens is 303 g/mol. The number of rotatable bonds is 2. The van der Waals surface area contributed by atoms with Crippen LogP contribution in [0.15, 0.2) is 24.3 Å². The monoisotopic (exact) mass is 322 g/mol. The lowest BCUT2D eigenvalue weighted by Gasteiger charge is -1.79. The van der Waals surface area contributed by atoms with Crippen molar-refractivity contribution in [3.05, 3.63) is 42.7 Å². The maximum atomic E-state index is 5.66. The number of hydrogen-bond donors (Lipinski definition) is 0. The van der Waals surface area contributed by atoms with Crippen LogP contribution in [-0.2, 0) is 12.8 Å². The first-order valence-electron chi connectivity index (χ1n) is 6.14. The molecule has 2 heterocycles. The van der Waals surface area contributed by atoms with Crippen molar-refractivity contribution < 1.29 is 0 Å². The lowest BCUT2D eigenvalue weighted by Crippen LogP contribution is -1.63. The van der Waals surface area contributed by atoms with Gasteiger partial charge in [-0.05, 0) is 37.1 Å². The van der Waals surface area contributed by atoms with Crippen molar-refractivity contribution in [2.24, 2.45) is 0 Å². The zero-order valence-electron chi connectivity index (χ0n) is 11.3. The van der Waals surface area contributed by atoms with Crippen molar-refractivity contribution in [1.29, 1.82) is 0 Å². The highest BCUT2D eigenvalue weighted by Crippen LogP contribution is 2.21. The Bertz CT molecular complexity index is 379. The van der Waals surface area contributed by atoms with Gasteiger partial charge in [-0.2, -0.15) is 0 Å². The van der Waals surface area contributed by atoms with Crippen LogP contribution in [0.4, 0.5) is 0 Å². The average Bonchev–Trinajstić information content (AvgIpc) is 3.01. The van der Waals surface area contributed by atoms with Crippen LogP contribution < -0.4 is 0 Å². The molecule has 0 amide bonds. The normalized spacial score (nSPS) is 9.00. The van der Waals surface area contributed by atoms with E-state index < -0.39 is 0 Å². The van der Waals surface area contributed by atoms with Crippen molar-refractivity contribution in [2.75, 3.05) is 0 Å². The fourth-order valence-electron chi connectivity index (χ4n) is 1.08. The van der Waals surface area contributed by atoms with Gasteiger partial charge >= 0.3 is 0 Å². The molecule has 0 unspecified atom stereocenters.